The average Bonchev–Trinajstić information content (AvgIpc) is 3.38. The maximum Gasteiger partial charge on any atom is 0.471 e. The number of alkyl halides is 3. The highest BCUT2D eigenvalue weighted by molar-refractivity contribution is 5.96. The molecule has 7 nitrogen and oxygen atoms in total. The van der Waals surface area contributed by atoms with Gasteiger partial charge >= 0.3 is 12.1 Å². The van der Waals surface area contributed by atoms with Gasteiger partial charge in [0.2, 0.25) is 11.7 Å². The zero-order valence-electron chi connectivity index (χ0n) is 16.2. The van der Waals surface area contributed by atoms with Gasteiger partial charge < -0.3 is 14.2 Å². The highest BCUT2D eigenvalue weighted by Gasteiger charge is 2.38. The van der Waals surface area contributed by atoms with Crippen LogP contribution in [0.2, 0.25) is 0 Å². The van der Waals surface area contributed by atoms with Gasteiger partial charge in [-0.25, -0.2) is 0 Å². The second kappa shape index (κ2) is 9.21. The lowest BCUT2D eigenvalue weighted by Gasteiger charge is -2.24. The third-order valence-corrected chi connectivity index (χ3v) is 4.47. The van der Waals surface area contributed by atoms with Crippen molar-refractivity contribution in [3.05, 3.63) is 47.9 Å². The lowest BCUT2D eigenvalue weighted by molar-refractivity contribution is -0.159. The van der Waals surface area contributed by atoms with Gasteiger partial charge in [0.1, 0.15) is 0 Å². The van der Waals surface area contributed by atoms with E-state index in [9.17, 15) is 22.8 Å². The van der Waals surface area contributed by atoms with E-state index < -0.39 is 12.1 Å². The lowest BCUT2D eigenvalue weighted by Crippen LogP contribution is -2.36. The summed E-state index contributed by atoms with van der Waals surface area (Å²) >= 11 is 0. The smallest absolute Gasteiger partial charge is 0.376 e. The molecular weight excluding hydrogens is 403 g/mol. The number of benzene rings is 1. The summed E-state index contributed by atoms with van der Waals surface area (Å²) in [5.74, 6) is -2.14. The van der Waals surface area contributed by atoms with E-state index in [4.69, 9.17) is 4.74 Å². The van der Waals surface area contributed by atoms with Gasteiger partial charge in [-0.15, -0.1) is 0 Å². The molecule has 0 saturated carbocycles. The SMILES string of the molecule is CC(=O)/C=C/C(=O)N(Cc1ccc(-c2noc(C(F)(F)F)n2)cc1)CC1CCCO1. The van der Waals surface area contributed by atoms with E-state index in [1.165, 1.54) is 19.1 Å². The van der Waals surface area contributed by atoms with E-state index in [0.717, 1.165) is 18.4 Å². The van der Waals surface area contributed by atoms with E-state index in [-0.39, 0.29) is 30.2 Å². The second-order valence-corrected chi connectivity index (χ2v) is 6.92. The summed E-state index contributed by atoms with van der Waals surface area (Å²) in [6, 6.07) is 6.45. The minimum atomic E-state index is -4.71. The first-order valence-corrected chi connectivity index (χ1v) is 9.32. The van der Waals surface area contributed by atoms with Crippen LogP contribution in [0.4, 0.5) is 13.2 Å². The summed E-state index contributed by atoms with van der Waals surface area (Å²) in [5, 5.41) is 3.35. The Balaban J connectivity index is 1.72. The molecular formula is C20H20F3N3O4. The molecule has 1 atom stereocenters. The molecule has 160 valence electrons. The van der Waals surface area contributed by atoms with E-state index in [1.54, 1.807) is 29.2 Å². The molecule has 0 spiro atoms. The van der Waals surface area contributed by atoms with Crippen molar-refractivity contribution in [1.29, 1.82) is 0 Å². The fraction of sp³-hybridized carbons (Fsp3) is 0.400. The number of halogens is 3. The van der Waals surface area contributed by atoms with Crippen LogP contribution < -0.4 is 0 Å². The Morgan fingerprint density at radius 1 is 1.23 bits per heavy atom. The van der Waals surface area contributed by atoms with Crippen LogP contribution in [0.25, 0.3) is 11.4 Å². The van der Waals surface area contributed by atoms with Gasteiger partial charge in [-0.1, -0.05) is 29.4 Å². The molecule has 1 aliphatic rings. The van der Waals surface area contributed by atoms with Gasteiger partial charge in [-0.2, -0.15) is 18.2 Å². The highest BCUT2D eigenvalue weighted by Crippen LogP contribution is 2.29. The Morgan fingerprint density at radius 2 is 1.97 bits per heavy atom. The monoisotopic (exact) mass is 423 g/mol. The summed E-state index contributed by atoms with van der Waals surface area (Å²) < 4.78 is 47.7. The van der Waals surface area contributed by atoms with Crippen LogP contribution in [0.1, 0.15) is 31.2 Å². The fourth-order valence-electron chi connectivity index (χ4n) is 3.00. The van der Waals surface area contributed by atoms with Gasteiger partial charge in [-0.05, 0) is 31.4 Å². The number of ether oxygens (including phenoxy) is 1. The van der Waals surface area contributed by atoms with Crippen molar-refractivity contribution in [2.75, 3.05) is 13.2 Å². The number of carbonyl (C=O) groups excluding carboxylic acids is 2. The van der Waals surface area contributed by atoms with Crippen molar-refractivity contribution < 1.29 is 32.0 Å². The van der Waals surface area contributed by atoms with Gasteiger partial charge in [0.25, 0.3) is 0 Å². The summed E-state index contributed by atoms with van der Waals surface area (Å²) in [5.41, 5.74) is 1.10. The zero-order chi connectivity index (χ0) is 21.7. The van der Waals surface area contributed by atoms with Crippen LogP contribution >= 0.6 is 0 Å². The van der Waals surface area contributed by atoms with E-state index >= 15 is 0 Å². The molecule has 0 radical (unpaired) electrons. The number of carbonyl (C=O) groups is 2. The van der Waals surface area contributed by atoms with Crippen LogP contribution in [0.15, 0.2) is 40.9 Å². The Bertz CT molecular complexity index is 916. The predicted molar refractivity (Wildman–Crippen MR) is 98.9 cm³/mol. The number of amides is 1. The minimum absolute atomic E-state index is 0.0703. The topological polar surface area (TPSA) is 85.5 Å². The number of allylic oxidation sites excluding steroid dienone is 1. The Morgan fingerprint density at radius 3 is 2.53 bits per heavy atom. The van der Waals surface area contributed by atoms with Crippen molar-refractivity contribution >= 4 is 11.7 Å². The first-order chi connectivity index (χ1) is 14.2. The molecule has 2 heterocycles. The van der Waals surface area contributed by atoms with Gasteiger partial charge in [-0.3, -0.25) is 9.59 Å². The summed E-state index contributed by atoms with van der Waals surface area (Å²) in [6.45, 7) is 2.63. The van der Waals surface area contributed by atoms with E-state index in [0.29, 0.717) is 18.7 Å². The minimum Gasteiger partial charge on any atom is -0.376 e. The fourth-order valence-corrected chi connectivity index (χ4v) is 3.00. The molecule has 1 aliphatic heterocycles. The van der Waals surface area contributed by atoms with Crippen LogP contribution in [0.5, 0.6) is 0 Å². The van der Waals surface area contributed by atoms with Crippen LogP contribution in [0, 0.1) is 0 Å². The molecule has 1 amide bonds. The Labute approximate surface area is 170 Å². The molecule has 1 fully saturated rings. The molecule has 30 heavy (non-hydrogen) atoms. The molecule has 1 aromatic heterocycles. The molecule has 0 bridgehead atoms. The van der Waals surface area contributed by atoms with Crippen molar-refractivity contribution in [2.45, 2.75) is 38.6 Å². The number of ketones is 1. The molecule has 0 N–H and O–H groups in total. The quantitative estimate of drug-likeness (QED) is 0.635. The average molecular weight is 423 g/mol. The number of aromatic nitrogens is 2. The number of hydrogen-bond acceptors (Lipinski definition) is 6. The van der Waals surface area contributed by atoms with Crippen LogP contribution in [-0.4, -0.2) is 46.0 Å². The number of hydrogen-bond donors (Lipinski definition) is 0. The maximum atomic E-state index is 12.6. The van der Waals surface area contributed by atoms with Gasteiger partial charge in [0.05, 0.1) is 6.10 Å². The summed E-state index contributed by atoms with van der Waals surface area (Å²) in [7, 11) is 0. The van der Waals surface area contributed by atoms with Gasteiger partial charge in [0, 0.05) is 31.3 Å². The third kappa shape index (κ3) is 5.76. The molecule has 1 saturated heterocycles. The molecule has 10 heteroatoms. The maximum absolute atomic E-state index is 12.6. The summed E-state index contributed by atoms with van der Waals surface area (Å²) in [6.07, 6.45) is -0.569. The van der Waals surface area contributed by atoms with Crippen molar-refractivity contribution in [1.82, 2.24) is 15.0 Å². The first kappa shape index (κ1) is 21.7. The Hall–Kier alpha value is -3.01. The molecule has 1 unspecified atom stereocenters. The lowest BCUT2D eigenvalue weighted by atomic mass is 10.1. The highest BCUT2D eigenvalue weighted by atomic mass is 19.4. The van der Waals surface area contributed by atoms with Gasteiger partial charge in [0.15, 0.2) is 5.78 Å². The second-order valence-electron chi connectivity index (χ2n) is 6.92. The normalized spacial score (nSPS) is 16.9. The first-order valence-electron chi connectivity index (χ1n) is 9.32. The largest absolute Gasteiger partial charge is 0.471 e. The zero-order valence-corrected chi connectivity index (χ0v) is 16.2. The van der Waals surface area contributed by atoms with Crippen molar-refractivity contribution in [3.8, 4) is 11.4 Å². The van der Waals surface area contributed by atoms with Crippen LogP contribution in [-0.2, 0) is 27.0 Å². The Kier molecular flexibility index (Phi) is 6.66. The molecule has 2 aromatic rings. The standard InChI is InChI=1S/C20H20F3N3O4/c1-13(27)4-9-17(28)26(12-16-3-2-10-29-16)11-14-5-7-15(8-6-14)18-24-19(30-25-18)20(21,22)23/h4-9,16H,2-3,10-12H2,1H3/b9-4+. The number of nitrogens with zero attached hydrogens (tertiary/aromatic N) is 3. The van der Waals surface area contributed by atoms with Crippen molar-refractivity contribution in [3.63, 3.8) is 0 Å². The molecule has 3 rings (SSSR count). The number of rotatable bonds is 7. The van der Waals surface area contributed by atoms with Crippen molar-refractivity contribution in [2.24, 2.45) is 0 Å². The van der Waals surface area contributed by atoms with Crippen LogP contribution in [0.3, 0.4) is 0 Å². The van der Waals surface area contributed by atoms with E-state index in [1.807, 2.05) is 0 Å². The third-order valence-electron chi connectivity index (χ3n) is 4.47. The molecule has 1 aromatic carbocycles. The summed E-state index contributed by atoms with van der Waals surface area (Å²) in [4.78, 5) is 28.6. The predicted octanol–water partition coefficient (Wildman–Crippen LogP) is 3.41. The molecule has 0 aliphatic carbocycles. The van der Waals surface area contributed by atoms with E-state index in [2.05, 4.69) is 14.7 Å².